The Morgan fingerprint density at radius 1 is 1.00 bits per heavy atom. The highest BCUT2D eigenvalue weighted by atomic mass is 16.7. The van der Waals surface area contributed by atoms with Gasteiger partial charge in [-0.3, -0.25) is 4.90 Å². The Kier molecular flexibility index (Phi) is 8.15. The van der Waals surface area contributed by atoms with Crippen LogP contribution in [0.25, 0.3) is 0 Å². The number of hydrogen-bond donors (Lipinski definition) is 0. The molecule has 2 saturated heterocycles. The lowest BCUT2D eigenvalue weighted by atomic mass is 9.79. The largest absolute Gasteiger partial charge is 0.494 e. The molecule has 0 aliphatic carbocycles. The predicted molar refractivity (Wildman–Crippen MR) is 132 cm³/mol. The first-order chi connectivity index (χ1) is 15.4. The zero-order chi connectivity index (χ0) is 24.3. The van der Waals surface area contributed by atoms with Crippen LogP contribution in [0, 0.1) is 0 Å². The minimum absolute atomic E-state index is 0.0208. The maximum atomic E-state index is 11.7. The molecule has 3 rings (SSSR count). The highest BCUT2D eigenvalue weighted by Gasteiger charge is 2.51. The van der Waals surface area contributed by atoms with Crippen LogP contribution < -0.4 is 10.4 Å². The number of benzene rings is 1. The average molecular weight is 460 g/mol. The number of hydrogen-bond acceptors (Lipinski definition) is 7. The molecule has 0 radical (unpaired) electrons. The number of carbonyl (C=O) groups is 1. The van der Waals surface area contributed by atoms with Gasteiger partial charge < -0.3 is 23.7 Å². The molecule has 0 aromatic heterocycles. The van der Waals surface area contributed by atoms with Gasteiger partial charge in [0.05, 0.1) is 11.2 Å². The Morgan fingerprint density at radius 3 is 2.12 bits per heavy atom. The van der Waals surface area contributed by atoms with E-state index >= 15 is 0 Å². The lowest BCUT2D eigenvalue weighted by Gasteiger charge is -2.36. The topological polar surface area (TPSA) is 60.5 Å². The molecular formula is C25H41BN2O5. The summed E-state index contributed by atoms with van der Waals surface area (Å²) < 4.78 is 23.0. The van der Waals surface area contributed by atoms with Gasteiger partial charge in [0.1, 0.15) is 12.2 Å². The van der Waals surface area contributed by atoms with E-state index < -0.39 is 5.60 Å². The van der Waals surface area contributed by atoms with E-state index in [2.05, 4.69) is 61.8 Å². The molecule has 8 heteroatoms. The second kappa shape index (κ2) is 10.3. The number of carbonyl (C=O) groups excluding carboxylic acids is 1. The number of rotatable bonds is 8. The van der Waals surface area contributed by atoms with Crippen molar-refractivity contribution < 1.29 is 23.6 Å². The molecule has 0 N–H and O–H groups in total. The second-order valence-electron chi connectivity index (χ2n) is 11.0. The average Bonchev–Trinajstić information content (AvgIpc) is 2.94. The van der Waals surface area contributed by atoms with E-state index in [4.69, 9.17) is 18.8 Å². The van der Waals surface area contributed by atoms with Gasteiger partial charge in [0.2, 0.25) is 0 Å². The molecule has 0 atom stereocenters. The van der Waals surface area contributed by atoms with Crippen LogP contribution in [0.15, 0.2) is 24.3 Å². The fraction of sp³-hybridized carbons (Fsp3) is 0.720. The monoisotopic (exact) mass is 460 g/mol. The fourth-order valence-corrected chi connectivity index (χ4v) is 3.97. The second-order valence-corrected chi connectivity index (χ2v) is 11.0. The molecule has 1 aromatic rings. The number of anilines is 1. The molecule has 7 nitrogen and oxygen atoms in total. The zero-order valence-electron chi connectivity index (χ0n) is 21.5. The van der Waals surface area contributed by atoms with Gasteiger partial charge in [-0.2, -0.15) is 0 Å². The van der Waals surface area contributed by atoms with Gasteiger partial charge in [0.25, 0.3) is 0 Å². The summed E-state index contributed by atoms with van der Waals surface area (Å²) in [4.78, 5) is 16.5. The maximum absolute atomic E-state index is 11.7. The van der Waals surface area contributed by atoms with Crippen LogP contribution in [0.2, 0.25) is 0 Å². The smallest absolute Gasteiger partial charge is 0.458 e. The van der Waals surface area contributed by atoms with E-state index in [1.165, 1.54) is 5.69 Å². The van der Waals surface area contributed by atoms with Crippen molar-refractivity contribution in [2.45, 2.75) is 71.7 Å². The van der Waals surface area contributed by atoms with Crippen LogP contribution in [0.3, 0.4) is 0 Å². The van der Waals surface area contributed by atoms with Gasteiger partial charge in [-0.05, 0) is 72.5 Å². The van der Waals surface area contributed by atoms with Crippen molar-refractivity contribution in [3.63, 3.8) is 0 Å². The summed E-state index contributed by atoms with van der Waals surface area (Å²) in [6.45, 7) is 19.5. The zero-order valence-corrected chi connectivity index (χ0v) is 21.5. The summed E-state index contributed by atoms with van der Waals surface area (Å²) in [7, 11) is -0.321. The highest BCUT2D eigenvalue weighted by Crippen LogP contribution is 2.36. The van der Waals surface area contributed by atoms with Crippen LogP contribution in [-0.2, 0) is 23.6 Å². The van der Waals surface area contributed by atoms with Crippen molar-refractivity contribution >= 4 is 24.2 Å². The summed E-state index contributed by atoms with van der Waals surface area (Å²) in [5.74, 6) is -0.305. The van der Waals surface area contributed by atoms with Gasteiger partial charge in [-0.15, -0.1) is 0 Å². The Labute approximate surface area is 199 Å². The molecule has 0 saturated carbocycles. The third kappa shape index (κ3) is 7.19. The standard InChI is InChI=1S/C25H41BN2O5/c1-23(2,3)31-22(29)19-30-18-8-13-27-14-16-28(17-15-27)21-11-9-20(10-12-21)26-32-24(4,5)25(6,7)33-26/h9-12H,8,13-19H2,1-7H3. The van der Waals surface area contributed by atoms with Gasteiger partial charge in [-0.1, -0.05) is 12.1 Å². The Balaban J connectivity index is 1.36. The number of nitrogens with zero attached hydrogens (tertiary/aromatic N) is 2. The van der Waals surface area contributed by atoms with Gasteiger partial charge in [0, 0.05) is 45.0 Å². The van der Waals surface area contributed by atoms with E-state index in [-0.39, 0.29) is 30.9 Å². The molecule has 184 valence electrons. The normalized spacial score (nSPS) is 20.8. The summed E-state index contributed by atoms with van der Waals surface area (Å²) in [5, 5.41) is 0. The molecule has 2 fully saturated rings. The van der Waals surface area contributed by atoms with Crippen molar-refractivity contribution in [3.05, 3.63) is 24.3 Å². The van der Waals surface area contributed by atoms with Gasteiger partial charge in [0.15, 0.2) is 0 Å². The first-order valence-corrected chi connectivity index (χ1v) is 12.1. The lowest BCUT2D eigenvalue weighted by molar-refractivity contribution is -0.160. The summed E-state index contributed by atoms with van der Waals surface area (Å²) in [6, 6.07) is 8.57. The SMILES string of the molecule is CC(C)(C)OC(=O)COCCCN1CCN(c2ccc(B3OC(C)(C)C(C)(C)O3)cc2)CC1. The summed E-state index contributed by atoms with van der Waals surface area (Å²) >= 11 is 0. The Morgan fingerprint density at radius 2 is 1.58 bits per heavy atom. The van der Waals surface area contributed by atoms with Crippen molar-refractivity contribution in [2.24, 2.45) is 0 Å². The molecule has 2 heterocycles. The molecule has 2 aliphatic heterocycles. The molecule has 33 heavy (non-hydrogen) atoms. The number of piperazine rings is 1. The van der Waals surface area contributed by atoms with Gasteiger partial charge >= 0.3 is 13.1 Å². The molecule has 0 amide bonds. The van der Waals surface area contributed by atoms with Crippen LogP contribution in [0.1, 0.15) is 54.9 Å². The van der Waals surface area contributed by atoms with Crippen molar-refractivity contribution in [3.8, 4) is 0 Å². The minimum Gasteiger partial charge on any atom is -0.458 e. The molecular weight excluding hydrogens is 419 g/mol. The quantitative estimate of drug-likeness (QED) is 0.336. The van der Waals surface area contributed by atoms with E-state index in [1.807, 2.05) is 20.8 Å². The van der Waals surface area contributed by atoms with Crippen LogP contribution >= 0.6 is 0 Å². The van der Waals surface area contributed by atoms with Crippen LogP contribution in [0.5, 0.6) is 0 Å². The van der Waals surface area contributed by atoms with E-state index in [9.17, 15) is 4.79 Å². The summed E-state index contributed by atoms with van der Waals surface area (Å²) in [6.07, 6.45) is 0.908. The third-order valence-corrected chi connectivity index (χ3v) is 6.56. The molecule has 2 aliphatic rings. The molecule has 1 aromatic carbocycles. The Bertz CT molecular complexity index is 767. The number of ether oxygens (including phenoxy) is 2. The first-order valence-electron chi connectivity index (χ1n) is 12.1. The van der Waals surface area contributed by atoms with Crippen LogP contribution in [-0.4, -0.2) is 80.7 Å². The minimum atomic E-state index is -0.466. The van der Waals surface area contributed by atoms with Crippen molar-refractivity contribution in [1.29, 1.82) is 0 Å². The van der Waals surface area contributed by atoms with Crippen LogP contribution in [0.4, 0.5) is 5.69 Å². The van der Waals surface area contributed by atoms with E-state index in [0.29, 0.717) is 6.61 Å². The van der Waals surface area contributed by atoms with Gasteiger partial charge in [-0.25, -0.2) is 4.79 Å². The molecule has 0 spiro atoms. The fourth-order valence-electron chi connectivity index (χ4n) is 3.97. The summed E-state index contributed by atoms with van der Waals surface area (Å²) in [5.41, 5.74) is 1.17. The highest BCUT2D eigenvalue weighted by molar-refractivity contribution is 6.62. The van der Waals surface area contributed by atoms with Crippen molar-refractivity contribution in [1.82, 2.24) is 4.90 Å². The molecule has 0 unspecified atom stereocenters. The third-order valence-electron chi connectivity index (χ3n) is 6.56. The lowest BCUT2D eigenvalue weighted by Crippen LogP contribution is -2.47. The van der Waals surface area contributed by atoms with E-state index in [1.54, 1.807) is 0 Å². The predicted octanol–water partition coefficient (Wildman–Crippen LogP) is 2.86. The van der Waals surface area contributed by atoms with E-state index in [0.717, 1.165) is 44.6 Å². The Hall–Kier alpha value is -1.61. The molecule has 0 bridgehead atoms. The number of esters is 1. The maximum Gasteiger partial charge on any atom is 0.494 e. The first kappa shape index (κ1) is 26.0. The van der Waals surface area contributed by atoms with Crippen molar-refractivity contribution in [2.75, 3.05) is 50.8 Å².